The first-order chi connectivity index (χ1) is 7.85. The molecule has 0 bridgehead atoms. The topological polar surface area (TPSA) is 51.6 Å². The molecule has 1 aromatic rings. The Kier molecular flexibility index (Phi) is 3.74. The van der Waals surface area contributed by atoms with Crippen molar-refractivity contribution in [3.05, 3.63) is 23.9 Å². The summed E-state index contributed by atoms with van der Waals surface area (Å²) in [6.45, 7) is 0.921. The van der Waals surface area contributed by atoms with Crippen LogP contribution in [0.15, 0.2) is 18.3 Å². The van der Waals surface area contributed by atoms with Crippen molar-refractivity contribution in [1.82, 2.24) is 4.98 Å². The summed E-state index contributed by atoms with van der Waals surface area (Å²) >= 11 is 0. The van der Waals surface area contributed by atoms with Gasteiger partial charge in [-0.05, 0) is 24.5 Å². The average molecular weight is 223 g/mol. The minimum absolute atomic E-state index is 0.0304. The number of aliphatic hydroxyl groups excluding tert-OH is 1. The number of rotatable bonds is 3. The molecule has 4 heteroatoms. The first-order valence-corrected chi connectivity index (χ1v) is 5.57. The van der Waals surface area contributed by atoms with Crippen molar-refractivity contribution in [2.45, 2.75) is 18.9 Å². The Hall–Kier alpha value is -1.13. The fourth-order valence-electron chi connectivity index (χ4n) is 2.08. The van der Waals surface area contributed by atoms with E-state index in [2.05, 4.69) is 4.98 Å². The van der Waals surface area contributed by atoms with Crippen LogP contribution in [0.5, 0.6) is 5.88 Å². The van der Waals surface area contributed by atoms with Crippen molar-refractivity contribution < 1.29 is 14.6 Å². The van der Waals surface area contributed by atoms with Crippen molar-refractivity contribution in [2.24, 2.45) is 5.92 Å². The second-order valence-electron chi connectivity index (χ2n) is 4.01. The quantitative estimate of drug-likeness (QED) is 0.844. The second kappa shape index (κ2) is 5.27. The maximum atomic E-state index is 9.30. The van der Waals surface area contributed by atoms with Gasteiger partial charge in [-0.25, -0.2) is 4.98 Å². The monoisotopic (exact) mass is 223 g/mol. The molecule has 2 heterocycles. The zero-order valence-electron chi connectivity index (χ0n) is 9.43. The van der Waals surface area contributed by atoms with Crippen LogP contribution >= 0.6 is 0 Å². The van der Waals surface area contributed by atoms with Crippen molar-refractivity contribution in [1.29, 1.82) is 0 Å². The molecular formula is C12H17NO3. The van der Waals surface area contributed by atoms with Gasteiger partial charge in [-0.1, -0.05) is 0 Å². The lowest BCUT2D eigenvalue weighted by atomic mass is 9.91. The Balaban J connectivity index is 2.14. The molecule has 2 unspecified atom stereocenters. The van der Waals surface area contributed by atoms with E-state index in [1.807, 2.05) is 12.1 Å². The van der Waals surface area contributed by atoms with E-state index in [1.165, 1.54) is 0 Å². The van der Waals surface area contributed by atoms with E-state index in [0.29, 0.717) is 5.88 Å². The third kappa shape index (κ3) is 2.33. The van der Waals surface area contributed by atoms with Crippen molar-refractivity contribution in [3.8, 4) is 5.88 Å². The SMILES string of the molecule is COc1ccc(C2OCCCC2CO)cn1. The molecule has 88 valence electrons. The van der Waals surface area contributed by atoms with Gasteiger partial charge in [-0.2, -0.15) is 0 Å². The van der Waals surface area contributed by atoms with Gasteiger partial charge in [0.1, 0.15) is 0 Å². The van der Waals surface area contributed by atoms with E-state index < -0.39 is 0 Å². The summed E-state index contributed by atoms with van der Waals surface area (Å²) < 4.78 is 10.7. The number of aromatic nitrogens is 1. The molecule has 2 atom stereocenters. The van der Waals surface area contributed by atoms with Gasteiger partial charge in [-0.15, -0.1) is 0 Å². The first-order valence-electron chi connectivity index (χ1n) is 5.57. The molecule has 0 saturated carbocycles. The molecule has 16 heavy (non-hydrogen) atoms. The zero-order valence-corrected chi connectivity index (χ0v) is 9.43. The molecule has 1 aliphatic heterocycles. The summed E-state index contributed by atoms with van der Waals surface area (Å²) in [5, 5.41) is 9.30. The zero-order chi connectivity index (χ0) is 11.4. The fraction of sp³-hybridized carbons (Fsp3) is 0.583. The maximum Gasteiger partial charge on any atom is 0.212 e. The Morgan fingerprint density at radius 2 is 2.44 bits per heavy atom. The van der Waals surface area contributed by atoms with Gasteiger partial charge < -0.3 is 14.6 Å². The number of methoxy groups -OCH3 is 1. The van der Waals surface area contributed by atoms with Gasteiger partial charge in [-0.3, -0.25) is 0 Å². The number of nitrogens with zero attached hydrogens (tertiary/aromatic N) is 1. The Labute approximate surface area is 95.2 Å². The molecule has 0 aliphatic carbocycles. The number of ether oxygens (including phenoxy) is 2. The van der Waals surface area contributed by atoms with Crippen LogP contribution in [0.3, 0.4) is 0 Å². The van der Waals surface area contributed by atoms with E-state index in [9.17, 15) is 5.11 Å². The fourth-order valence-corrected chi connectivity index (χ4v) is 2.08. The van der Waals surface area contributed by atoms with Crippen LogP contribution in [0.2, 0.25) is 0 Å². The molecule has 1 aliphatic rings. The highest BCUT2D eigenvalue weighted by atomic mass is 16.5. The Bertz CT molecular complexity index is 326. The third-order valence-electron chi connectivity index (χ3n) is 2.98. The van der Waals surface area contributed by atoms with E-state index in [4.69, 9.17) is 9.47 Å². The standard InChI is InChI=1S/C12H17NO3/c1-15-11-5-4-9(7-13-11)12-10(8-14)3-2-6-16-12/h4-5,7,10,12,14H,2-3,6,8H2,1H3. The number of hydrogen-bond acceptors (Lipinski definition) is 4. The van der Waals surface area contributed by atoms with Crippen LogP contribution in [0.4, 0.5) is 0 Å². The van der Waals surface area contributed by atoms with E-state index in [1.54, 1.807) is 13.3 Å². The van der Waals surface area contributed by atoms with Gasteiger partial charge in [0.25, 0.3) is 0 Å². The van der Waals surface area contributed by atoms with Crippen molar-refractivity contribution in [3.63, 3.8) is 0 Å². The summed E-state index contributed by atoms with van der Waals surface area (Å²) in [7, 11) is 1.59. The largest absolute Gasteiger partial charge is 0.481 e. The number of pyridine rings is 1. The molecule has 4 nitrogen and oxygen atoms in total. The highest BCUT2D eigenvalue weighted by Crippen LogP contribution is 2.33. The predicted molar refractivity (Wildman–Crippen MR) is 59.3 cm³/mol. The van der Waals surface area contributed by atoms with Crippen molar-refractivity contribution in [2.75, 3.05) is 20.3 Å². The molecule has 1 fully saturated rings. The van der Waals surface area contributed by atoms with Crippen LogP contribution in [-0.4, -0.2) is 30.4 Å². The lowest BCUT2D eigenvalue weighted by Gasteiger charge is -2.30. The highest BCUT2D eigenvalue weighted by Gasteiger charge is 2.26. The van der Waals surface area contributed by atoms with E-state index in [0.717, 1.165) is 25.0 Å². The molecule has 2 rings (SSSR count). The van der Waals surface area contributed by atoms with Crippen LogP contribution in [0, 0.1) is 5.92 Å². The van der Waals surface area contributed by atoms with E-state index in [-0.39, 0.29) is 18.6 Å². The minimum Gasteiger partial charge on any atom is -0.481 e. The second-order valence-corrected chi connectivity index (χ2v) is 4.01. The van der Waals surface area contributed by atoms with Crippen LogP contribution in [-0.2, 0) is 4.74 Å². The molecule has 1 aromatic heterocycles. The molecule has 0 amide bonds. The van der Waals surface area contributed by atoms with Gasteiger partial charge in [0.05, 0.1) is 13.2 Å². The van der Waals surface area contributed by atoms with Gasteiger partial charge in [0, 0.05) is 31.4 Å². The lowest BCUT2D eigenvalue weighted by Crippen LogP contribution is -2.25. The Morgan fingerprint density at radius 1 is 1.56 bits per heavy atom. The summed E-state index contributed by atoms with van der Waals surface area (Å²) in [5.74, 6) is 0.782. The highest BCUT2D eigenvalue weighted by molar-refractivity contribution is 5.20. The smallest absolute Gasteiger partial charge is 0.212 e. The van der Waals surface area contributed by atoms with Gasteiger partial charge in [0.2, 0.25) is 5.88 Å². The molecule has 1 saturated heterocycles. The summed E-state index contributed by atoms with van der Waals surface area (Å²) in [5.41, 5.74) is 1.01. The molecule has 0 radical (unpaired) electrons. The van der Waals surface area contributed by atoms with Crippen LogP contribution < -0.4 is 4.74 Å². The number of hydrogen-bond donors (Lipinski definition) is 1. The lowest BCUT2D eigenvalue weighted by molar-refractivity contribution is -0.0459. The summed E-state index contributed by atoms with van der Waals surface area (Å²) in [6.07, 6.45) is 3.76. The van der Waals surface area contributed by atoms with Gasteiger partial charge in [0.15, 0.2) is 0 Å². The average Bonchev–Trinajstić information content (AvgIpc) is 2.39. The third-order valence-corrected chi connectivity index (χ3v) is 2.98. The van der Waals surface area contributed by atoms with E-state index >= 15 is 0 Å². The molecule has 0 spiro atoms. The minimum atomic E-state index is -0.0304. The number of aliphatic hydroxyl groups is 1. The summed E-state index contributed by atoms with van der Waals surface area (Å²) in [6, 6.07) is 3.77. The molecule has 1 N–H and O–H groups in total. The normalized spacial score (nSPS) is 25.4. The van der Waals surface area contributed by atoms with Crippen LogP contribution in [0.25, 0.3) is 0 Å². The van der Waals surface area contributed by atoms with Crippen molar-refractivity contribution >= 4 is 0 Å². The molecule has 0 aromatic carbocycles. The summed E-state index contributed by atoms with van der Waals surface area (Å²) in [4.78, 5) is 4.16. The first kappa shape index (κ1) is 11.4. The maximum absolute atomic E-state index is 9.30. The Morgan fingerprint density at radius 3 is 3.06 bits per heavy atom. The molecular weight excluding hydrogens is 206 g/mol. The van der Waals surface area contributed by atoms with Crippen LogP contribution in [0.1, 0.15) is 24.5 Å². The predicted octanol–water partition coefficient (Wildman–Crippen LogP) is 1.55. The van der Waals surface area contributed by atoms with Gasteiger partial charge >= 0.3 is 0 Å².